The Hall–Kier alpha value is -1.94. The smallest absolute Gasteiger partial charge is 0.339 e. The van der Waals surface area contributed by atoms with Crippen molar-refractivity contribution in [2.75, 3.05) is 6.61 Å². The molecule has 0 atom stereocenters. The minimum Gasteiger partial charge on any atom is -0.454 e. The van der Waals surface area contributed by atoms with Crippen molar-refractivity contribution >= 4 is 27.7 Å². The molecule has 0 radical (unpaired) electrons. The Morgan fingerprint density at radius 2 is 1.82 bits per heavy atom. The summed E-state index contributed by atoms with van der Waals surface area (Å²) in [5.41, 5.74) is 3.59. The highest BCUT2D eigenvalue weighted by Gasteiger charge is 2.16. The minimum atomic E-state index is -0.498. The van der Waals surface area contributed by atoms with E-state index in [1.807, 2.05) is 24.3 Å². The Morgan fingerprint density at radius 3 is 2.64 bits per heavy atom. The number of ketones is 1. The Balaban J connectivity index is 1.65. The third-order valence-corrected chi connectivity index (χ3v) is 4.54. The summed E-state index contributed by atoms with van der Waals surface area (Å²) in [6.45, 7) is -0.237. The number of aryl methyl sites for hydroxylation is 2. The topological polar surface area (TPSA) is 43.4 Å². The second-order valence-electron chi connectivity index (χ2n) is 5.32. The lowest BCUT2D eigenvalue weighted by Gasteiger charge is -2.07. The Kier molecular flexibility index (Phi) is 4.39. The highest BCUT2D eigenvalue weighted by Crippen LogP contribution is 2.23. The van der Waals surface area contributed by atoms with Crippen molar-refractivity contribution in [3.63, 3.8) is 0 Å². The molecule has 0 aliphatic heterocycles. The van der Waals surface area contributed by atoms with Crippen molar-refractivity contribution in [2.45, 2.75) is 19.3 Å². The first kappa shape index (κ1) is 15.0. The van der Waals surface area contributed by atoms with Gasteiger partial charge in [0.2, 0.25) is 0 Å². The molecule has 3 rings (SSSR count). The molecule has 0 heterocycles. The first-order valence-corrected chi connectivity index (χ1v) is 8.01. The Labute approximate surface area is 137 Å². The first-order valence-electron chi connectivity index (χ1n) is 7.22. The van der Waals surface area contributed by atoms with Crippen LogP contribution in [0.4, 0.5) is 0 Å². The number of rotatable bonds is 4. The normalized spacial score (nSPS) is 12.8. The molecule has 3 nitrogen and oxygen atoms in total. The van der Waals surface area contributed by atoms with Crippen LogP contribution >= 0.6 is 15.9 Å². The summed E-state index contributed by atoms with van der Waals surface area (Å²) >= 11 is 3.30. The van der Waals surface area contributed by atoms with Gasteiger partial charge in [-0.2, -0.15) is 0 Å². The average molecular weight is 359 g/mol. The predicted molar refractivity (Wildman–Crippen MR) is 87.2 cm³/mol. The van der Waals surface area contributed by atoms with E-state index in [-0.39, 0.29) is 12.4 Å². The summed E-state index contributed by atoms with van der Waals surface area (Å²) in [5, 5.41) is 0. The molecule has 0 fully saturated rings. The number of Topliss-reactive ketones (excluding diaryl/α,β-unsaturated/α-hetero) is 1. The SMILES string of the molecule is O=C(COC(=O)c1ccccc1Br)c1ccc2c(c1)CCC2. The molecule has 0 bridgehead atoms. The summed E-state index contributed by atoms with van der Waals surface area (Å²) in [4.78, 5) is 24.2. The van der Waals surface area contributed by atoms with Crippen LogP contribution < -0.4 is 0 Å². The molecule has 22 heavy (non-hydrogen) atoms. The van der Waals surface area contributed by atoms with Gasteiger partial charge in [-0.3, -0.25) is 4.79 Å². The highest BCUT2D eigenvalue weighted by molar-refractivity contribution is 9.10. The summed E-state index contributed by atoms with van der Waals surface area (Å²) in [7, 11) is 0. The van der Waals surface area contributed by atoms with Crippen LogP contribution in [0.25, 0.3) is 0 Å². The van der Waals surface area contributed by atoms with Gasteiger partial charge in [-0.1, -0.05) is 24.3 Å². The maximum Gasteiger partial charge on any atom is 0.339 e. The fraction of sp³-hybridized carbons (Fsp3) is 0.222. The molecule has 0 N–H and O–H groups in total. The number of benzene rings is 2. The number of esters is 1. The number of hydrogen-bond acceptors (Lipinski definition) is 3. The predicted octanol–water partition coefficient (Wildman–Crippen LogP) is 3.98. The quantitative estimate of drug-likeness (QED) is 0.613. The molecule has 0 saturated carbocycles. The van der Waals surface area contributed by atoms with E-state index in [2.05, 4.69) is 15.9 Å². The molecule has 0 aromatic heterocycles. The number of fused-ring (bicyclic) bond motifs is 1. The van der Waals surface area contributed by atoms with Crippen molar-refractivity contribution in [1.82, 2.24) is 0 Å². The van der Waals surface area contributed by atoms with Gasteiger partial charge in [0.05, 0.1) is 5.56 Å². The zero-order valence-corrected chi connectivity index (χ0v) is 13.6. The summed E-state index contributed by atoms with van der Waals surface area (Å²) < 4.78 is 5.78. The molecule has 2 aromatic rings. The molecule has 0 amide bonds. The maximum atomic E-state index is 12.2. The van der Waals surface area contributed by atoms with Crippen LogP contribution in [0.1, 0.15) is 38.3 Å². The standard InChI is InChI=1S/C18H15BrO3/c19-16-7-2-1-6-15(16)18(21)22-11-17(20)14-9-8-12-4-3-5-13(12)10-14/h1-2,6-10H,3-5,11H2. The minimum absolute atomic E-state index is 0.171. The van der Waals surface area contributed by atoms with Gasteiger partial charge in [0.15, 0.2) is 12.4 Å². The molecule has 2 aromatic carbocycles. The van der Waals surface area contributed by atoms with Gasteiger partial charge in [-0.05, 0) is 64.5 Å². The van der Waals surface area contributed by atoms with E-state index in [0.717, 1.165) is 19.3 Å². The van der Waals surface area contributed by atoms with Crippen molar-refractivity contribution < 1.29 is 14.3 Å². The molecule has 0 unspecified atom stereocenters. The van der Waals surface area contributed by atoms with E-state index in [1.54, 1.807) is 18.2 Å². The van der Waals surface area contributed by atoms with Gasteiger partial charge in [-0.25, -0.2) is 4.79 Å². The third kappa shape index (κ3) is 3.12. The molecule has 112 valence electrons. The molecule has 0 saturated heterocycles. The van der Waals surface area contributed by atoms with Gasteiger partial charge in [-0.15, -0.1) is 0 Å². The number of carbonyl (C=O) groups is 2. The van der Waals surface area contributed by atoms with E-state index in [9.17, 15) is 9.59 Å². The Bertz CT molecular complexity index is 737. The second-order valence-corrected chi connectivity index (χ2v) is 6.17. The maximum absolute atomic E-state index is 12.2. The largest absolute Gasteiger partial charge is 0.454 e. The zero-order chi connectivity index (χ0) is 15.5. The third-order valence-electron chi connectivity index (χ3n) is 3.85. The first-order chi connectivity index (χ1) is 10.6. The monoisotopic (exact) mass is 358 g/mol. The van der Waals surface area contributed by atoms with E-state index in [4.69, 9.17) is 4.74 Å². The number of ether oxygens (including phenoxy) is 1. The van der Waals surface area contributed by atoms with Crippen LogP contribution in [0.2, 0.25) is 0 Å². The van der Waals surface area contributed by atoms with Gasteiger partial charge < -0.3 is 4.74 Å². The molecule has 1 aliphatic rings. The van der Waals surface area contributed by atoms with Gasteiger partial charge in [0.25, 0.3) is 0 Å². The number of halogens is 1. The van der Waals surface area contributed by atoms with Crippen LogP contribution in [0, 0.1) is 0 Å². The molecule has 0 spiro atoms. The highest BCUT2D eigenvalue weighted by atomic mass is 79.9. The van der Waals surface area contributed by atoms with Crippen molar-refractivity contribution in [1.29, 1.82) is 0 Å². The fourth-order valence-corrected chi connectivity index (χ4v) is 3.11. The summed E-state index contributed by atoms with van der Waals surface area (Å²) in [5.74, 6) is -0.669. The van der Waals surface area contributed by atoms with Crippen LogP contribution in [0.5, 0.6) is 0 Å². The van der Waals surface area contributed by atoms with Crippen LogP contribution in [0.15, 0.2) is 46.9 Å². The number of hydrogen-bond donors (Lipinski definition) is 0. The van der Waals surface area contributed by atoms with E-state index < -0.39 is 5.97 Å². The second kappa shape index (κ2) is 6.44. The lowest BCUT2D eigenvalue weighted by molar-refractivity contribution is 0.0474. The van der Waals surface area contributed by atoms with Crippen LogP contribution in [0.3, 0.4) is 0 Å². The van der Waals surface area contributed by atoms with E-state index >= 15 is 0 Å². The Morgan fingerprint density at radius 1 is 1.05 bits per heavy atom. The van der Waals surface area contributed by atoms with Gasteiger partial charge in [0.1, 0.15) is 0 Å². The van der Waals surface area contributed by atoms with E-state index in [1.165, 1.54) is 11.1 Å². The van der Waals surface area contributed by atoms with Crippen LogP contribution in [-0.4, -0.2) is 18.4 Å². The van der Waals surface area contributed by atoms with Crippen molar-refractivity contribution in [2.24, 2.45) is 0 Å². The molecule has 1 aliphatic carbocycles. The lowest BCUT2D eigenvalue weighted by atomic mass is 10.0. The molecular formula is C18H15BrO3. The zero-order valence-electron chi connectivity index (χ0n) is 12.0. The molecule has 4 heteroatoms. The summed E-state index contributed by atoms with van der Waals surface area (Å²) in [6.07, 6.45) is 3.25. The van der Waals surface area contributed by atoms with Crippen molar-refractivity contribution in [3.05, 3.63) is 69.2 Å². The fourth-order valence-electron chi connectivity index (χ4n) is 2.66. The lowest BCUT2D eigenvalue weighted by Crippen LogP contribution is -2.14. The van der Waals surface area contributed by atoms with E-state index in [0.29, 0.717) is 15.6 Å². The van der Waals surface area contributed by atoms with Crippen molar-refractivity contribution in [3.8, 4) is 0 Å². The molecular weight excluding hydrogens is 344 g/mol. The van der Waals surface area contributed by atoms with Crippen LogP contribution in [-0.2, 0) is 17.6 Å². The number of carbonyl (C=O) groups excluding carboxylic acids is 2. The van der Waals surface area contributed by atoms with Gasteiger partial charge >= 0.3 is 5.97 Å². The van der Waals surface area contributed by atoms with Gasteiger partial charge in [0, 0.05) is 10.0 Å². The average Bonchev–Trinajstić information content (AvgIpc) is 3.00. The summed E-state index contributed by atoms with van der Waals surface area (Å²) in [6, 6.07) is 12.7.